The Balaban J connectivity index is 0. The summed E-state index contributed by atoms with van der Waals surface area (Å²) in [5.74, 6) is 1.22. The molecule has 0 aromatic carbocycles. The lowest BCUT2D eigenvalue weighted by atomic mass is 10.0. The van der Waals surface area contributed by atoms with Crippen molar-refractivity contribution in [2.45, 2.75) is 60.0 Å². The van der Waals surface area contributed by atoms with E-state index in [-0.39, 0.29) is 36.0 Å². The van der Waals surface area contributed by atoms with Crippen LogP contribution in [0.1, 0.15) is 53.9 Å². The molecule has 0 aromatic rings. The molecule has 0 fully saturated rings. The summed E-state index contributed by atoms with van der Waals surface area (Å²) in [6, 6.07) is 0. The van der Waals surface area contributed by atoms with E-state index in [1.54, 1.807) is 0 Å². The second-order valence-corrected chi connectivity index (χ2v) is 5.12. The van der Waals surface area contributed by atoms with Gasteiger partial charge < -0.3 is 15.4 Å². The monoisotopic (exact) mass is 413 g/mol. The second kappa shape index (κ2) is 14.4. The van der Waals surface area contributed by atoms with Gasteiger partial charge in [-0.2, -0.15) is 0 Å². The van der Waals surface area contributed by atoms with Crippen molar-refractivity contribution in [2.24, 2.45) is 10.9 Å². The predicted molar refractivity (Wildman–Crippen MR) is 99.3 cm³/mol. The molecule has 0 saturated heterocycles. The minimum absolute atomic E-state index is 0. The van der Waals surface area contributed by atoms with Crippen molar-refractivity contribution in [2.75, 3.05) is 19.6 Å². The van der Waals surface area contributed by atoms with Crippen LogP contribution >= 0.6 is 24.0 Å². The third-order valence-corrected chi connectivity index (χ3v) is 3.00. The summed E-state index contributed by atoms with van der Waals surface area (Å²) in [5.41, 5.74) is 0. The van der Waals surface area contributed by atoms with Gasteiger partial charge in [-0.25, -0.2) is 0 Å². The minimum Gasteiger partial charge on any atom is -0.463 e. The Morgan fingerprint density at radius 2 is 1.76 bits per heavy atom. The first-order valence-corrected chi connectivity index (χ1v) is 7.75. The number of ether oxygens (including phenoxy) is 1. The van der Waals surface area contributed by atoms with E-state index in [2.05, 4.69) is 29.5 Å². The molecule has 0 aliphatic heterocycles. The number of carbonyl (C=O) groups is 1. The number of hydrogen-bond acceptors (Lipinski definition) is 3. The molecule has 0 amide bonds. The summed E-state index contributed by atoms with van der Waals surface area (Å²) in [6.07, 6.45) is 2.58. The fraction of sp³-hybridized carbons (Fsp3) is 0.867. The lowest BCUT2D eigenvalue weighted by molar-refractivity contribution is -0.147. The molecule has 0 rings (SSSR count). The highest BCUT2D eigenvalue weighted by Crippen LogP contribution is 2.07. The molecule has 0 atom stereocenters. The molecular weight excluding hydrogens is 381 g/mol. The third kappa shape index (κ3) is 12.9. The van der Waals surface area contributed by atoms with Crippen LogP contribution in [0.15, 0.2) is 4.99 Å². The Labute approximate surface area is 146 Å². The van der Waals surface area contributed by atoms with Crippen LogP contribution in [0.5, 0.6) is 0 Å². The highest BCUT2D eigenvalue weighted by atomic mass is 127. The summed E-state index contributed by atoms with van der Waals surface area (Å²) in [5, 5.41) is 6.35. The first kappa shape index (κ1) is 22.7. The van der Waals surface area contributed by atoms with Gasteiger partial charge in [-0.15, -0.1) is 24.0 Å². The van der Waals surface area contributed by atoms with Gasteiger partial charge in [0.2, 0.25) is 0 Å². The van der Waals surface area contributed by atoms with Gasteiger partial charge in [0.25, 0.3) is 0 Å². The largest absolute Gasteiger partial charge is 0.463 e. The molecule has 0 radical (unpaired) electrons. The zero-order valence-electron chi connectivity index (χ0n) is 14.1. The number of esters is 1. The van der Waals surface area contributed by atoms with Crippen molar-refractivity contribution >= 4 is 35.9 Å². The number of aliphatic imine (C=N–C) groups is 1. The first-order valence-electron chi connectivity index (χ1n) is 7.75. The van der Waals surface area contributed by atoms with E-state index >= 15 is 0 Å². The quantitative estimate of drug-likeness (QED) is 0.264. The highest BCUT2D eigenvalue weighted by molar-refractivity contribution is 14.0. The van der Waals surface area contributed by atoms with Gasteiger partial charge in [0, 0.05) is 19.6 Å². The molecular formula is C15H32IN3O2. The molecule has 5 nitrogen and oxygen atoms in total. The van der Waals surface area contributed by atoms with Gasteiger partial charge in [-0.3, -0.25) is 9.79 Å². The summed E-state index contributed by atoms with van der Waals surface area (Å²) in [7, 11) is 0. The van der Waals surface area contributed by atoms with Crippen molar-refractivity contribution < 1.29 is 9.53 Å². The Morgan fingerprint density at radius 1 is 1.14 bits per heavy atom. The van der Waals surface area contributed by atoms with Gasteiger partial charge >= 0.3 is 5.97 Å². The normalized spacial score (nSPS) is 11.3. The second-order valence-electron chi connectivity index (χ2n) is 5.12. The maximum absolute atomic E-state index is 11.4. The maximum Gasteiger partial charge on any atom is 0.307 e. The molecule has 6 heteroatoms. The zero-order chi connectivity index (χ0) is 15.4. The molecule has 0 bridgehead atoms. The molecule has 0 heterocycles. The summed E-state index contributed by atoms with van der Waals surface area (Å²) in [4.78, 5) is 16.0. The van der Waals surface area contributed by atoms with E-state index in [1.807, 2.05) is 20.8 Å². The van der Waals surface area contributed by atoms with Crippen LogP contribution in [-0.2, 0) is 9.53 Å². The van der Waals surface area contributed by atoms with Crippen molar-refractivity contribution in [3.05, 3.63) is 0 Å². The summed E-state index contributed by atoms with van der Waals surface area (Å²) in [6.45, 7) is 12.3. The fourth-order valence-corrected chi connectivity index (χ4v) is 1.71. The van der Waals surface area contributed by atoms with Crippen LogP contribution in [0, 0.1) is 5.92 Å². The highest BCUT2D eigenvalue weighted by Gasteiger charge is 2.07. The molecule has 0 aliphatic rings. The first-order chi connectivity index (χ1) is 9.53. The van der Waals surface area contributed by atoms with E-state index in [4.69, 9.17) is 4.74 Å². The van der Waals surface area contributed by atoms with Crippen molar-refractivity contribution in [1.82, 2.24) is 10.6 Å². The molecule has 2 N–H and O–H groups in total. The molecule has 0 spiro atoms. The van der Waals surface area contributed by atoms with Crippen molar-refractivity contribution in [3.63, 3.8) is 0 Å². The molecule has 21 heavy (non-hydrogen) atoms. The molecule has 0 unspecified atom stereocenters. The fourth-order valence-electron chi connectivity index (χ4n) is 1.71. The van der Waals surface area contributed by atoms with Crippen molar-refractivity contribution in [1.29, 1.82) is 0 Å². The van der Waals surface area contributed by atoms with Gasteiger partial charge in [0.15, 0.2) is 5.96 Å². The average molecular weight is 413 g/mol. The Kier molecular flexibility index (Phi) is 15.6. The lowest BCUT2D eigenvalue weighted by Crippen LogP contribution is -2.38. The Hall–Kier alpha value is -0.530. The van der Waals surface area contributed by atoms with E-state index < -0.39 is 0 Å². The number of nitrogens with zero attached hydrogens (tertiary/aromatic N) is 1. The van der Waals surface area contributed by atoms with Crippen LogP contribution in [0.3, 0.4) is 0 Å². The molecule has 126 valence electrons. The van der Waals surface area contributed by atoms with E-state index in [0.29, 0.717) is 18.9 Å². The van der Waals surface area contributed by atoms with Crippen LogP contribution < -0.4 is 10.6 Å². The third-order valence-electron chi connectivity index (χ3n) is 3.00. The summed E-state index contributed by atoms with van der Waals surface area (Å²) < 4.78 is 5.09. The van der Waals surface area contributed by atoms with Gasteiger partial charge in [-0.1, -0.05) is 26.7 Å². The number of guanidine groups is 1. The molecule has 0 aromatic heterocycles. The predicted octanol–water partition coefficient (Wildman–Crippen LogP) is 2.94. The summed E-state index contributed by atoms with van der Waals surface area (Å²) >= 11 is 0. The van der Waals surface area contributed by atoms with Gasteiger partial charge in [0.05, 0.1) is 12.5 Å². The number of rotatable bonds is 9. The maximum atomic E-state index is 11.4. The Bertz CT molecular complexity index is 293. The zero-order valence-corrected chi connectivity index (χ0v) is 16.4. The van der Waals surface area contributed by atoms with Crippen molar-refractivity contribution in [3.8, 4) is 0 Å². The lowest BCUT2D eigenvalue weighted by Gasteiger charge is -2.14. The van der Waals surface area contributed by atoms with Crippen LogP contribution in [0.2, 0.25) is 0 Å². The smallest absolute Gasteiger partial charge is 0.307 e. The standard InChI is InChI=1S/C15H31N3O2.HI/c1-6-13(7-2)11-18-15(16-8-3)17-10-9-14(19)20-12(4)5;/h12-13H,6-11H2,1-5H3,(H2,16,17,18);1H. The van der Waals surface area contributed by atoms with E-state index in [0.717, 1.165) is 31.9 Å². The topological polar surface area (TPSA) is 62.7 Å². The Morgan fingerprint density at radius 3 is 2.24 bits per heavy atom. The van der Waals surface area contributed by atoms with Crippen LogP contribution in [-0.4, -0.2) is 37.7 Å². The van der Waals surface area contributed by atoms with E-state index in [9.17, 15) is 4.79 Å². The minimum atomic E-state index is -0.177. The number of hydrogen-bond donors (Lipinski definition) is 2. The van der Waals surface area contributed by atoms with Gasteiger partial charge in [-0.05, 0) is 26.7 Å². The average Bonchev–Trinajstić information content (AvgIpc) is 2.38. The SMILES string of the molecule is CCNC(=NCC(CC)CC)NCCC(=O)OC(C)C.I. The van der Waals surface area contributed by atoms with Gasteiger partial charge in [0.1, 0.15) is 0 Å². The molecule has 0 aliphatic carbocycles. The molecule has 0 saturated carbocycles. The van der Waals surface area contributed by atoms with Crippen LogP contribution in [0.4, 0.5) is 0 Å². The van der Waals surface area contributed by atoms with E-state index in [1.165, 1.54) is 0 Å². The number of carbonyl (C=O) groups excluding carboxylic acids is 1. The van der Waals surface area contributed by atoms with Crippen LogP contribution in [0.25, 0.3) is 0 Å². The number of nitrogens with one attached hydrogen (secondary N) is 2. The number of halogens is 1.